The van der Waals surface area contributed by atoms with E-state index in [4.69, 9.17) is 5.21 Å². The molecule has 0 saturated carbocycles. The third-order valence-electron chi connectivity index (χ3n) is 4.09. The second-order valence-electron chi connectivity index (χ2n) is 5.60. The Morgan fingerprint density at radius 3 is 2.58 bits per heavy atom. The molecular formula is C17H18N4O3. The number of benzene rings is 1. The number of hydrogen-bond donors (Lipinski definition) is 3. The second-order valence-corrected chi connectivity index (χ2v) is 5.60. The van der Waals surface area contributed by atoms with Crippen LogP contribution in [0.4, 0.5) is 0 Å². The summed E-state index contributed by atoms with van der Waals surface area (Å²) in [5, 5.41) is 12.5. The summed E-state index contributed by atoms with van der Waals surface area (Å²) in [4.78, 5) is 23.9. The highest BCUT2D eigenvalue weighted by Crippen LogP contribution is 2.18. The van der Waals surface area contributed by atoms with Crippen LogP contribution in [0.1, 0.15) is 26.5 Å². The van der Waals surface area contributed by atoms with Crippen LogP contribution in [0.25, 0.3) is 10.9 Å². The molecule has 2 amide bonds. The van der Waals surface area contributed by atoms with E-state index in [-0.39, 0.29) is 12.5 Å². The minimum absolute atomic E-state index is 0.192. The Morgan fingerprint density at radius 2 is 1.88 bits per heavy atom. The molecule has 0 aliphatic heterocycles. The van der Waals surface area contributed by atoms with Gasteiger partial charge in [-0.3, -0.25) is 14.8 Å². The topological polar surface area (TPSA) is 88.3 Å². The van der Waals surface area contributed by atoms with Crippen molar-refractivity contribution in [2.24, 2.45) is 14.1 Å². The van der Waals surface area contributed by atoms with Crippen molar-refractivity contribution in [3.63, 3.8) is 0 Å². The maximum absolute atomic E-state index is 12.5. The Labute approximate surface area is 138 Å². The van der Waals surface area contributed by atoms with Crippen molar-refractivity contribution in [2.75, 3.05) is 0 Å². The first-order chi connectivity index (χ1) is 11.5. The average Bonchev–Trinajstić information content (AvgIpc) is 3.13. The predicted octanol–water partition coefficient (Wildman–Crippen LogP) is 1.57. The van der Waals surface area contributed by atoms with Gasteiger partial charge in [0, 0.05) is 36.9 Å². The van der Waals surface area contributed by atoms with Crippen molar-refractivity contribution in [1.29, 1.82) is 0 Å². The van der Waals surface area contributed by atoms with E-state index >= 15 is 0 Å². The molecule has 0 radical (unpaired) electrons. The molecular weight excluding hydrogens is 308 g/mol. The van der Waals surface area contributed by atoms with Crippen LogP contribution in [0.2, 0.25) is 0 Å². The molecule has 0 bridgehead atoms. The van der Waals surface area contributed by atoms with Crippen LogP contribution in [0.3, 0.4) is 0 Å². The van der Waals surface area contributed by atoms with Gasteiger partial charge >= 0.3 is 0 Å². The lowest BCUT2D eigenvalue weighted by molar-refractivity contribution is 0.0706. The first-order valence-electron chi connectivity index (χ1n) is 7.43. The van der Waals surface area contributed by atoms with Crippen molar-refractivity contribution in [1.82, 2.24) is 19.9 Å². The molecule has 2 aromatic heterocycles. The van der Waals surface area contributed by atoms with E-state index in [2.05, 4.69) is 5.32 Å². The van der Waals surface area contributed by atoms with E-state index < -0.39 is 5.91 Å². The lowest BCUT2D eigenvalue weighted by atomic mass is 10.2. The van der Waals surface area contributed by atoms with Gasteiger partial charge in [0.2, 0.25) is 0 Å². The van der Waals surface area contributed by atoms with Crippen LogP contribution in [-0.2, 0) is 20.6 Å². The largest absolute Gasteiger partial charge is 0.352 e. The number of amides is 2. The van der Waals surface area contributed by atoms with Crippen LogP contribution in [0.15, 0.2) is 42.6 Å². The molecule has 124 valence electrons. The third-order valence-corrected chi connectivity index (χ3v) is 4.09. The Balaban J connectivity index is 1.77. The summed E-state index contributed by atoms with van der Waals surface area (Å²) in [7, 11) is 3.62. The van der Waals surface area contributed by atoms with Gasteiger partial charge in [0.1, 0.15) is 5.69 Å². The summed E-state index contributed by atoms with van der Waals surface area (Å²) in [5.41, 5.74) is 4.23. The monoisotopic (exact) mass is 326 g/mol. The maximum Gasteiger partial charge on any atom is 0.276 e. The van der Waals surface area contributed by atoms with Gasteiger partial charge in [-0.1, -0.05) is 18.2 Å². The Morgan fingerprint density at radius 1 is 1.12 bits per heavy atom. The molecule has 3 N–H and O–H groups in total. The van der Waals surface area contributed by atoms with Crippen LogP contribution < -0.4 is 10.8 Å². The van der Waals surface area contributed by atoms with Gasteiger partial charge in [-0.05, 0) is 18.2 Å². The number of rotatable bonds is 4. The fourth-order valence-corrected chi connectivity index (χ4v) is 2.74. The standard InChI is InChI=1S/C17H18N4O3/c1-20-10-12(16(22)19-24)7-13(20)9-18-17(23)15-8-11-5-3-4-6-14(11)21(15)2/h3-8,10,24H,9H2,1-2H3,(H,18,23)(H,19,22). The number of aromatic nitrogens is 2. The average molecular weight is 326 g/mol. The van der Waals surface area contributed by atoms with E-state index in [1.807, 2.05) is 41.9 Å². The van der Waals surface area contributed by atoms with E-state index in [1.54, 1.807) is 29.4 Å². The molecule has 0 fully saturated rings. The summed E-state index contributed by atoms with van der Waals surface area (Å²) in [5.74, 6) is -0.778. The maximum atomic E-state index is 12.5. The fourth-order valence-electron chi connectivity index (χ4n) is 2.74. The van der Waals surface area contributed by atoms with E-state index in [0.717, 1.165) is 16.6 Å². The minimum atomic E-state index is -0.586. The fraction of sp³-hybridized carbons (Fsp3) is 0.176. The molecule has 1 aromatic carbocycles. The van der Waals surface area contributed by atoms with Crippen molar-refractivity contribution < 1.29 is 14.8 Å². The zero-order chi connectivity index (χ0) is 17.3. The van der Waals surface area contributed by atoms with Crippen molar-refractivity contribution in [3.8, 4) is 0 Å². The van der Waals surface area contributed by atoms with Crippen LogP contribution in [0, 0.1) is 0 Å². The zero-order valence-corrected chi connectivity index (χ0v) is 13.4. The van der Waals surface area contributed by atoms with Gasteiger partial charge in [0.05, 0.1) is 12.1 Å². The van der Waals surface area contributed by atoms with Crippen molar-refractivity contribution in [2.45, 2.75) is 6.54 Å². The molecule has 24 heavy (non-hydrogen) atoms. The van der Waals surface area contributed by atoms with Gasteiger partial charge < -0.3 is 14.5 Å². The first-order valence-corrected chi connectivity index (χ1v) is 7.43. The van der Waals surface area contributed by atoms with E-state index in [9.17, 15) is 9.59 Å². The molecule has 3 aromatic rings. The van der Waals surface area contributed by atoms with Gasteiger partial charge in [0.15, 0.2) is 0 Å². The normalized spacial score (nSPS) is 10.8. The van der Waals surface area contributed by atoms with Crippen LogP contribution >= 0.6 is 0 Å². The lowest BCUT2D eigenvalue weighted by Crippen LogP contribution is -2.25. The summed E-state index contributed by atoms with van der Waals surface area (Å²) >= 11 is 0. The SMILES string of the molecule is Cn1cc(C(=O)NO)cc1CNC(=O)c1cc2ccccc2n1C. The number of nitrogens with zero attached hydrogens (tertiary/aromatic N) is 2. The highest BCUT2D eigenvalue weighted by molar-refractivity contribution is 5.98. The highest BCUT2D eigenvalue weighted by Gasteiger charge is 2.14. The quantitative estimate of drug-likeness (QED) is 0.502. The number of carbonyl (C=O) groups excluding carboxylic acids is 2. The Hall–Kier alpha value is -3.06. The van der Waals surface area contributed by atoms with E-state index in [1.165, 1.54) is 0 Å². The molecule has 3 rings (SSSR count). The predicted molar refractivity (Wildman–Crippen MR) is 88.8 cm³/mol. The van der Waals surface area contributed by atoms with Gasteiger partial charge in [0.25, 0.3) is 11.8 Å². The Bertz CT molecular complexity index is 923. The molecule has 0 atom stereocenters. The molecule has 0 aliphatic rings. The third kappa shape index (κ3) is 2.77. The van der Waals surface area contributed by atoms with Crippen LogP contribution in [-0.4, -0.2) is 26.2 Å². The number of hydroxylamine groups is 1. The van der Waals surface area contributed by atoms with E-state index in [0.29, 0.717) is 11.3 Å². The second kappa shape index (κ2) is 6.21. The molecule has 0 unspecified atom stereocenters. The van der Waals surface area contributed by atoms with Gasteiger partial charge in [-0.2, -0.15) is 0 Å². The summed E-state index contributed by atoms with van der Waals surface area (Å²) in [6.07, 6.45) is 1.59. The number of fused-ring (bicyclic) bond motifs is 1. The molecule has 7 nitrogen and oxygen atoms in total. The number of nitrogens with one attached hydrogen (secondary N) is 2. The number of hydrogen-bond acceptors (Lipinski definition) is 3. The van der Waals surface area contributed by atoms with Gasteiger partial charge in [-0.25, -0.2) is 5.48 Å². The summed E-state index contributed by atoms with van der Waals surface area (Å²) < 4.78 is 3.58. The summed E-state index contributed by atoms with van der Waals surface area (Å²) in [6.45, 7) is 0.273. The smallest absolute Gasteiger partial charge is 0.276 e. The molecule has 2 heterocycles. The van der Waals surface area contributed by atoms with Crippen molar-refractivity contribution >= 4 is 22.7 Å². The molecule has 7 heteroatoms. The van der Waals surface area contributed by atoms with Crippen molar-refractivity contribution in [3.05, 3.63) is 59.5 Å². The zero-order valence-electron chi connectivity index (χ0n) is 13.4. The lowest BCUT2D eigenvalue weighted by Gasteiger charge is -2.07. The molecule has 0 spiro atoms. The molecule has 0 saturated heterocycles. The number of aryl methyl sites for hydroxylation is 2. The molecule has 0 aliphatic carbocycles. The number of para-hydroxylation sites is 1. The summed E-state index contributed by atoms with van der Waals surface area (Å²) in [6, 6.07) is 11.3. The minimum Gasteiger partial charge on any atom is -0.352 e. The highest BCUT2D eigenvalue weighted by atomic mass is 16.5. The first kappa shape index (κ1) is 15.8. The van der Waals surface area contributed by atoms with Gasteiger partial charge in [-0.15, -0.1) is 0 Å². The van der Waals surface area contributed by atoms with Crippen LogP contribution in [0.5, 0.6) is 0 Å². The number of carbonyl (C=O) groups is 2. The Kier molecular flexibility index (Phi) is 4.09.